The molecule has 0 amide bonds. The van der Waals surface area contributed by atoms with Crippen molar-refractivity contribution in [2.45, 2.75) is 50.5 Å². The van der Waals surface area contributed by atoms with Crippen LogP contribution in [0.1, 0.15) is 44.9 Å². The molecule has 0 aromatic rings. The maximum absolute atomic E-state index is 11.5. The molecule has 0 aliphatic heterocycles. The van der Waals surface area contributed by atoms with Crippen LogP contribution in [0.25, 0.3) is 0 Å². The third-order valence-corrected chi connectivity index (χ3v) is 4.63. The Morgan fingerprint density at radius 3 is 2.06 bits per heavy atom. The maximum Gasteiger partial charge on any atom is 0.308 e. The van der Waals surface area contributed by atoms with Gasteiger partial charge >= 0.3 is 5.97 Å². The van der Waals surface area contributed by atoms with E-state index in [1.54, 1.807) is 0 Å². The molecule has 16 heavy (non-hydrogen) atoms. The molecule has 4 saturated carbocycles. The molecule has 0 saturated heterocycles. The molecule has 3 nitrogen and oxygen atoms in total. The standard InChI is InChI=1S/C13H20O3/c14-2-1-12(15)16-13-6-9-3-10(7-13)5-11(4-9)8-13/h9-11,14H,1-8H2. The molecule has 4 aliphatic rings. The van der Waals surface area contributed by atoms with Gasteiger partial charge in [-0.3, -0.25) is 4.79 Å². The Bertz CT molecular complexity index is 262. The fourth-order valence-electron chi connectivity index (χ4n) is 4.54. The van der Waals surface area contributed by atoms with Crippen LogP contribution in [0.3, 0.4) is 0 Å². The summed E-state index contributed by atoms with van der Waals surface area (Å²) in [5.41, 5.74) is -0.138. The fraction of sp³-hybridized carbons (Fsp3) is 0.923. The predicted octanol–water partition coefficient (Wildman–Crippen LogP) is 1.88. The molecule has 0 spiro atoms. The average molecular weight is 224 g/mol. The molecule has 1 N–H and O–H groups in total. The minimum Gasteiger partial charge on any atom is -0.459 e. The molecule has 0 radical (unpaired) electrons. The van der Waals surface area contributed by atoms with Gasteiger partial charge in [-0.1, -0.05) is 0 Å². The lowest BCUT2D eigenvalue weighted by Crippen LogP contribution is -2.52. The van der Waals surface area contributed by atoms with Gasteiger partial charge in [-0.05, 0) is 56.3 Å². The lowest BCUT2D eigenvalue weighted by Gasteiger charge is -2.55. The van der Waals surface area contributed by atoms with E-state index in [9.17, 15) is 4.79 Å². The normalized spacial score (nSPS) is 44.7. The highest BCUT2D eigenvalue weighted by molar-refractivity contribution is 5.70. The molecule has 4 rings (SSSR count). The predicted molar refractivity (Wildman–Crippen MR) is 58.7 cm³/mol. The molecule has 0 unspecified atom stereocenters. The smallest absolute Gasteiger partial charge is 0.308 e. The van der Waals surface area contributed by atoms with E-state index in [1.807, 2.05) is 0 Å². The van der Waals surface area contributed by atoms with E-state index in [1.165, 1.54) is 19.3 Å². The molecule has 0 aromatic heterocycles. The van der Waals surface area contributed by atoms with Crippen LogP contribution in [0.5, 0.6) is 0 Å². The first-order valence-electron chi connectivity index (χ1n) is 6.52. The van der Waals surface area contributed by atoms with Gasteiger partial charge < -0.3 is 9.84 Å². The highest BCUT2D eigenvalue weighted by Gasteiger charge is 2.53. The molecule has 4 aliphatic carbocycles. The van der Waals surface area contributed by atoms with Crippen LogP contribution < -0.4 is 0 Å². The quantitative estimate of drug-likeness (QED) is 0.744. The van der Waals surface area contributed by atoms with E-state index in [-0.39, 0.29) is 24.6 Å². The van der Waals surface area contributed by atoms with Crippen molar-refractivity contribution in [3.63, 3.8) is 0 Å². The van der Waals surface area contributed by atoms with E-state index in [4.69, 9.17) is 9.84 Å². The van der Waals surface area contributed by atoms with E-state index < -0.39 is 0 Å². The number of aliphatic hydroxyl groups excluding tert-OH is 1. The number of rotatable bonds is 3. The number of hydrogen-bond donors (Lipinski definition) is 1. The van der Waals surface area contributed by atoms with Gasteiger partial charge in [-0.15, -0.1) is 0 Å². The van der Waals surface area contributed by atoms with Crippen molar-refractivity contribution in [2.75, 3.05) is 6.61 Å². The van der Waals surface area contributed by atoms with E-state index in [2.05, 4.69) is 0 Å². The molecule has 3 heteroatoms. The Labute approximate surface area is 96.2 Å². The first-order valence-corrected chi connectivity index (χ1v) is 6.52. The first kappa shape index (κ1) is 10.6. The molecule has 0 aromatic carbocycles. The van der Waals surface area contributed by atoms with Crippen molar-refractivity contribution in [1.82, 2.24) is 0 Å². The van der Waals surface area contributed by atoms with Crippen LogP contribution in [0, 0.1) is 17.8 Å². The highest BCUT2D eigenvalue weighted by Crippen LogP contribution is 2.57. The highest BCUT2D eigenvalue weighted by atomic mass is 16.6. The van der Waals surface area contributed by atoms with E-state index in [0.717, 1.165) is 37.0 Å². The summed E-state index contributed by atoms with van der Waals surface area (Å²) in [4.78, 5) is 11.5. The van der Waals surface area contributed by atoms with Gasteiger partial charge in [-0.2, -0.15) is 0 Å². The second kappa shape index (κ2) is 3.73. The lowest BCUT2D eigenvalue weighted by atomic mass is 9.54. The van der Waals surface area contributed by atoms with Crippen LogP contribution in [-0.4, -0.2) is 23.3 Å². The number of hydrogen-bond acceptors (Lipinski definition) is 3. The third kappa shape index (κ3) is 1.75. The third-order valence-electron chi connectivity index (χ3n) is 4.63. The van der Waals surface area contributed by atoms with Crippen LogP contribution >= 0.6 is 0 Å². The largest absolute Gasteiger partial charge is 0.459 e. The molecule has 0 heterocycles. The summed E-state index contributed by atoms with van der Waals surface area (Å²) in [5.74, 6) is 2.19. The van der Waals surface area contributed by atoms with Crippen LogP contribution in [0.15, 0.2) is 0 Å². The topological polar surface area (TPSA) is 46.5 Å². The number of ether oxygens (including phenoxy) is 1. The maximum atomic E-state index is 11.5. The van der Waals surface area contributed by atoms with E-state index in [0.29, 0.717) is 0 Å². The van der Waals surface area contributed by atoms with E-state index >= 15 is 0 Å². The summed E-state index contributed by atoms with van der Waals surface area (Å²) in [5, 5.41) is 8.75. The fourth-order valence-corrected chi connectivity index (χ4v) is 4.54. The van der Waals surface area contributed by atoms with Gasteiger partial charge in [-0.25, -0.2) is 0 Å². The molecular weight excluding hydrogens is 204 g/mol. The Hall–Kier alpha value is -0.570. The summed E-state index contributed by atoms with van der Waals surface area (Å²) < 4.78 is 5.69. The molecule has 0 atom stereocenters. The zero-order chi connectivity index (χ0) is 11.2. The zero-order valence-corrected chi connectivity index (χ0v) is 9.65. The van der Waals surface area contributed by atoms with Gasteiger partial charge in [0, 0.05) is 0 Å². The Morgan fingerprint density at radius 1 is 1.12 bits per heavy atom. The lowest BCUT2D eigenvalue weighted by molar-refractivity contribution is -0.187. The molecule has 90 valence electrons. The Kier molecular flexibility index (Phi) is 2.46. The van der Waals surface area contributed by atoms with Gasteiger partial charge in [0.1, 0.15) is 5.60 Å². The monoisotopic (exact) mass is 224 g/mol. The molecule has 4 fully saturated rings. The minimum atomic E-state index is -0.204. The van der Waals surface area contributed by atoms with Gasteiger partial charge in [0.15, 0.2) is 0 Å². The van der Waals surface area contributed by atoms with Crippen molar-refractivity contribution < 1.29 is 14.6 Å². The number of carbonyl (C=O) groups is 1. The zero-order valence-electron chi connectivity index (χ0n) is 9.65. The van der Waals surface area contributed by atoms with Crippen LogP contribution in [-0.2, 0) is 9.53 Å². The van der Waals surface area contributed by atoms with Crippen LogP contribution in [0.2, 0.25) is 0 Å². The Morgan fingerprint density at radius 2 is 1.62 bits per heavy atom. The summed E-state index contributed by atoms with van der Waals surface area (Å²) in [6, 6.07) is 0. The summed E-state index contributed by atoms with van der Waals surface area (Å²) in [6.45, 7) is -0.0921. The average Bonchev–Trinajstić information content (AvgIpc) is 2.13. The second-order valence-corrected chi connectivity index (χ2v) is 6.05. The summed E-state index contributed by atoms with van der Waals surface area (Å²) in [7, 11) is 0. The number of aliphatic hydroxyl groups is 1. The molecular formula is C13H20O3. The van der Waals surface area contributed by atoms with Gasteiger partial charge in [0.2, 0.25) is 0 Å². The van der Waals surface area contributed by atoms with Crippen molar-refractivity contribution in [3.05, 3.63) is 0 Å². The van der Waals surface area contributed by atoms with Crippen molar-refractivity contribution in [1.29, 1.82) is 0 Å². The van der Waals surface area contributed by atoms with Crippen LogP contribution in [0.4, 0.5) is 0 Å². The second-order valence-electron chi connectivity index (χ2n) is 6.05. The minimum absolute atomic E-state index is 0.0921. The van der Waals surface area contributed by atoms with Crippen molar-refractivity contribution >= 4 is 5.97 Å². The number of esters is 1. The SMILES string of the molecule is O=C(CCO)OC12CC3CC(CC(C3)C1)C2. The first-order chi connectivity index (χ1) is 7.69. The van der Waals surface area contributed by atoms with Crippen molar-refractivity contribution in [2.24, 2.45) is 17.8 Å². The summed E-state index contributed by atoms with van der Waals surface area (Å²) in [6.07, 6.45) is 7.47. The van der Waals surface area contributed by atoms with Crippen molar-refractivity contribution in [3.8, 4) is 0 Å². The number of carbonyl (C=O) groups excluding carboxylic acids is 1. The van der Waals surface area contributed by atoms with Gasteiger partial charge in [0.05, 0.1) is 13.0 Å². The Balaban J connectivity index is 1.71. The summed E-state index contributed by atoms with van der Waals surface area (Å²) >= 11 is 0. The molecule has 4 bridgehead atoms. The van der Waals surface area contributed by atoms with Gasteiger partial charge in [0.25, 0.3) is 0 Å².